The highest BCUT2D eigenvalue weighted by molar-refractivity contribution is 6.00. The summed E-state index contributed by atoms with van der Waals surface area (Å²) in [6, 6.07) is 16.6. The molecule has 150 valence electrons. The van der Waals surface area contributed by atoms with E-state index in [1.165, 1.54) is 0 Å². The Bertz CT molecular complexity index is 1230. The molecule has 3 heterocycles. The first-order chi connectivity index (χ1) is 14.7. The smallest absolute Gasteiger partial charge is 0.323 e. The molecule has 7 heteroatoms. The van der Waals surface area contributed by atoms with Crippen LogP contribution >= 0.6 is 0 Å². The van der Waals surface area contributed by atoms with Gasteiger partial charge in [0.2, 0.25) is 0 Å². The van der Waals surface area contributed by atoms with Gasteiger partial charge in [-0.1, -0.05) is 18.2 Å². The summed E-state index contributed by atoms with van der Waals surface area (Å²) in [4.78, 5) is 17.1. The van der Waals surface area contributed by atoms with Crippen molar-refractivity contribution in [3.8, 4) is 22.8 Å². The van der Waals surface area contributed by atoms with Crippen LogP contribution in [0.1, 0.15) is 5.56 Å². The number of nitrogens with zero attached hydrogens (tertiary/aromatic N) is 2. The monoisotopic (exact) mass is 400 g/mol. The fourth-order valence-electron chi connectivity index (χ4n) is 3.43. The van der Waals surface area contributed by atoms with Gasteiger partial charge in [-0.3, -0.25) is 0 Å². The van der Waals surface area contributed by atoms with Gasteiger partial charge >= 0.3 is 6.03 Å². The van der Waals surface area contributed by atoms with Crippen LogP contribution in [-0.2, 0) is 0 Å². The minimum Gasteiger partial charge on any atom is -0.486 e. The third kappa shape index (κ3) is 3.53. The van der Waals surface area contributed by atoms with E-state index in [2.05, 4.69) is 10.6 Å². The molecule has 0 saturated carbocycles. The van der Waals surface area contributed by atoms with Gasteiger partial charge in [-0.2, -0.15) is 0 Å². The third-order valence-corrected chi connectivity index (χ3v) is 4.92. The van der Waals surface area contributed by atoms with E-state index >= 15 is 0 Å². The summed E-state index contributed by atoms with van der Waals surface area (Å²) in [5.74, 6) is 1.32. The molecule has 2 aromatic heterocycles. The van der Waals surface area contributed by atoms with Crippen molar-refractivity contribution in [3.05, 3.63) is 72.6 Å². The summed E-state index contributed by atoms with van der Waals surface area (Å²) < 4.78 is 13.0. The zero-order chi connectivity index (χ0) is 20.5. The number of carbonyl (C=O) groups is 1. The van der Waals surface area contributed by atoms with Crippen molar-refractivity contribution >= 4 is 23.1 Å². The lowest BCUT2D eigenvalue weighted by atomic mass is 10.1. The number of anilines is 2. The number of imidazole rings is 1. The summed E-state index contributed by atoms with van der Waals surface area (Å²) in [6.07, 6.45) is 3.98. The molecule has 2 amide bonds. The normalized spacial score (nSPS) is 12.6. The molecule has 0 radical (unpaired) electrons. The van der Waals surface area contributed by atoms with Crippen LogP contribution in [0.5, 0.6) is 11.5 Å². The van der Waals surface area contributed by atoms with Gasteiger partial charge in [0.1, 0.15) is 18.9 Å². The molecule has 0 unspecified atom stereocenters. The van der Waals surface area contributed by atoms with Crippen molar-refractivity contribution in [3.63, 3.8) is 0 Å². The lowest BCUT2D eigenvalue weighted by Crippen LogP contribution is -2.20. The van der Waals surface area contributed by atoms with Crippen LogP contribution in [0, 0.1) is 6.92 Å². The topological polar surface area (TPSA) is 76.9 Å². The molecule has 1 aliphatic heterocycles. The highest BCUT2D eigenvalue weighted by Gasteiger charge is 2.13. The molecule has 30 heavy (non-hydrogen) atoms. The summed E-state index contributed by atoms with van der Waals surface area (Å²) in [7, 11) is 0. The second-order valence-corrected chi connectivity index (χ2v) is 7.06. The number of carbonyl (C=O) groups excluding carboxylic acids is 1. The molecule has 0 aliphatic carbocycles. The average Bonchev–Trinajstić information content (AvgIpc) is 3.20. The lowest BCUT2D eigenvalue weighted by molar-refractivity contribution is 0.171. The van der Waals surface area contributed by atoms with Crippen LogP contribution in [0.3, 0.4) is 0 Å². The number of urea groups is 1. The van der Waals surface area contributed by atoms with E-state index in [1.54, 1.807) is 18.2 Å². The van der Waals surface area contributed by atoms with Crippen molar-refractivity contribution in [2.75, 3.05) is 23.8 Å². The summed E-state index contributed by atoms with van der Waals surface area (Å²) in [6.45, 7) is 3.07. The van der Waals surface area contributed by atoms with Gasteiger partial charge < -0.3 is 24.5 Å². The average molecular weight is 400 g/mol. The van der Waals surface area contributed by atoms with E-state index in [4.69, 9.17) is 14.5 Å². The second-order valence-electron chi connectivity index (χ2n) is 7.06. The van der Waals surface area contributed by atoms with Crippen molar-refractivity contribution < 1.29 is 14.3 Å². The molecule has 0 bridgehead atoms. The maximum absolute atomic E-state index is 12.3. The quantitative estimate of drug-likeness (QED) is 0.521. The van der Waals surface area contributed by atoms with Gasteiger partial charge in [-0.15, -0.1) is 0 Å². The minimum absolute atomic E-state index is 0.331. The van der Waals surface area contributed by atoms with E-state index in [9.17, 15) is 4.79 Å². The van der Waals surface area contributed by atoms with E-state index in [1.807, 2.05) is 60.1 Å². The van der Waals surface area contributed by atoms with Gasteiger partial charge in [-0.25, -0.2) is 9.78 Å². The number of hydrogen-bond donors (Lipinski definition) is 2. The molecular weight excluding hydrogens is 380 g/mol. The second kappa shape index (κ2) is 7.44. The number of pyridine rings is 1. The molecule has 1 aliphatic rings. The van der Waals surface area contributed by atoms with Gasteiger partial charge in [0.15, 0.2) is 11.5 Å². The number of ether oxygens (including phenoxy) is 2. The number of hydrogen-bond acceptors (Lipinski definition) is 4. The fourth-order valence-corrected chi connectivity index (χ4v) is 3.43. The van der Waals surface area contributed by atoms with Crippen molar-refractivity contribution in [1.82, 2.24) is 9.38 Å². The summed E-state index contributed by atoms with van der Waals surface area (Å²) >= 11 is 0. The van der Waals surface area contributed by atoms with E-state index in [-0.39, 0.29) is 6.03 Å². The molecule has 5 rings (SSSR count). The Morgan fingerprint density at radius 1 is 0.967 bits per heavy atom. The van der Waals surface area contributed by atoms with Crippen LogP contribution in [0.15, 0.2) is 67.0 Å². The Labute approximate surface area is 173 Å². The van der Waals surface area contributed by atoms with Crippen LogP contribution in [0.25, 0.3) is 16.9 Å². The highest BCUT2D eigenvalue weighted by Crippen LogP contribution is 2.32. The first-order valence-electron chi connectivity index (χ1n) is 9.68. The number of rotatable bonds is 3. The largest absolute Gasteiger partial charge is 0.486 e. The lowest BCUT2D eigenvalue weighted by Gasteiger charge is -2.19. The van der Waals surface area contributed by atoms with E-state index < -0.39 is 0 Å². The van der Waals surface area contributed by atoms with Crippen LogP contribution in [-0.4, -0.2) is 28.6 Å². The van der Waals surface area contributed by atoms with Gasteiger partial charge in [-0.05, 0) is 42.8 Å². The van der Waals surface area contributed by atoms with Crippen molar-refractivity contribution in [1.29, 1.82) is 0 Å². The van der Waals surface area contributed by atoms with Crippen LogP contribution in [0.2, 0.25) is 0 Å². The van der Waals surface area contributed by atoms with Crippen LogP contribution in [0.4, 0.5) is 16.2 Å². The third-order valence-electron chi connectivity index (χ3n) is 4.92. The molecule has 2 N–H and O–H groups in total. The van der Waals surface area contributed by atoms with Crippen molar-refractivity contribution in [2.24, 2.45) is 0 Å². The molecule has 0 saturated heterocycles. The summed E-state index contributed by atoms with van der Waals surface area (Å²) in [5.41, 5.74) is 5.25. The highest BCUT2D eigenvalue weighted by atomic mass is 16.6. The Balaban J connectivity index is 1.27. The predicted octanol–water partition coefficient (Wildman–Crippen LogP) is 4.72. The first-order valence-corrected chi connectivity index (χ1v) is 9.68. The SMILES string of the molecule is Cc1cccn2cc(-c3ccc(NC(=O)Nc4ccc5c(c4)OCCO5)cc3)nc12. The van der Waals surface area contributed by atoms with Gasteiger partial charge in [0.25, 0.3) is 0 Å². The zero-order valence-corrected chi connectivity index (χ0v) is 16.4. The minimum atomic E-state index is -0.331. The maximum atomic E-state index is 12.3. The molecular formula is C23H20N4O3. The Kier molecular flexibility index (Phi) is 4.48. The van der Waals surface area contributed by atoms with Gasteiger partial charge in [0.05, 0.1) is 5.69 Å². The molecule has 4 aromatic rings. The Morgan fingerprint density at radius 2 is 1.70 bits per heavy atom. The number of amides is 2. The fraction of sp³-hybridized carbons (Fsp3) is 0.130. The van der Waals surface area contributed by atoms with Crippen molar-refractivity contribution in [2.45, 2.75) is 6.92 Å². The molecule has 0 atom stereocenters. The van der Waals surface area contributed by atoms with E-state index in [0.717, 1.165) is 22.5 Å². The molecule has 2 aromatic carbocycles. The van der Waals surface area contributed by atoms with E-state index in [0.29, 0.717) is 36.1 Å². The number of fused-ring (bicyclic) bond motifs is 2. The number of aromatic nitrogens is 2. The number of benzene rings is 2. The number of aryl methyl sites for hydroxylation is 1. The Morgan fingerprint density at radius 3 is 2.50 bits per heavy atom. The molecule has 0 fully saturated rings. The van der Waals surface area contributed by atoms with Crippen LogP contribution < -0.4 is 20.1 Å². The molecule has 0 spiro atoms. The predicted molar refractivity (Wildman–Crippen MR) is 115 cm³/mol. The Hall–Kier alpha value is -4.00. The zero-order valence-electron chi connectivity index (χ0n) is 16.4. The first kappa shape index (κ1) is 18.1. The summed E-state index contributed by atoms with van der Waals surface area (Å²) in [5, 5.41) is 5.65. The standard InChI is InChI=1S/C23H20N4O3/c1-15-3-2-10-27-14-19(26-22(15)27)16-4-6-17(7-5-16)24-23(28)25-18-8-9-20-21(13-18)30-12-11-29-20/h2-10,13-14H,11-12H2,1H3,(H2,24,25,28). The number of nitrogens with one attached hydrogen (secondary N) is 2. The molecule has 7 nitrogen and oxygen atoms in total. The van der Waals surface area contributed by atoms with Gasteiger partial charge in [0, 0.05) is 35.4 Å². The maximum Gasteiger partial charge on any atom is 0.323 e.